The van der Waals surface area contributed by atoms with Gasteiger partial charge in [0.05, 0.1) is 0 Å². The van der Waals surface area contributed by atoms with Crippen LogP contribution in [-0.4, -0.2) is 24.3 Å². The van der Waals surface area contributed by atoms with Crippen molar-refractivity contribution in [3.05, 3.63) is 35.4 Å². The average Bonchev–Trinajstić information content (AvgIpc) is 2.36. The molecule has 1 aromatic rings. The molecule has 0 N–H and O–H groups in total. The molecule has 17 heavy (non-hydrogen) atoms. The second kappa shape index (κ2) is 7.23. The van der Waals surface area contributed by atoms with Gasteiger partial charge in [0.25, 0.3) is 0 Å². The Morgan fingerprint density at radius 3 is 2.47 bits per heavy atom. The van der Waals surface area contributed by atoms with E-state index in [0.29, 0.717) is 12.3 Å². The zero-order chi connectivity index (χ0) is 12.7. The van der Waals surface area contributed by atoms with Crippen LogP contribution >= 0.6 is 0 Å². The largest absolute Gasteiger partial charge is 0.303 e. The fraction of sp³-hybridized carbons (Fsp3) is 0.533. The number of aldehydes is 1. The van der Waals surface area contributed by atoms with Crippen LogP contribution in [0, 0.1) is 0 Å². The Hall–Kier alpha value is -1.15. The maximum Gasteiger partial charge on any atom is 0.120 e. The minimum Gasteiger partial charge on any atom is -0.303 e. The number of nitrogens with zero attached hydrogens (tertiary/aromatic N) is 1. The molecule has 0 radical (unpaired) electrons. The van der Waals surface area contributed by atoms with Crippen molar-refractivity contribution in [2.45, 2.75) is 39.7 Å². The van der Waals surface area contributed by atoms with E-state index in [9.17, 15) is 4.79 Å². The van der Waals surface area contributed by atoms with Crippen LogP contribution in [0.4, 0.5) is 0 Å². The quantitative estimate of drug-likeness (QED) is 0.674. The molecular formula is C15H23NO. The Morgan fingerprint density at radius 2 is 1.88 bits per heavy atom. The number of hydrogen-bond acceptors (Lipinski definition) is 2. The average molecular weight is 233 g/mol. The van der Waals surface area contributed by atoms with E-state index in [-0.39, 0.29) is 0 Å². The first-order valence-corrected chi connectivity index (χ1v) is 6.46. The van der Waals surface area contributed by atoms with Crippen molar-refractivity contribution in [2.24, 2.45) is 0 Å². The van der Waals surface area contributed by atoms with Crippen molar-refractivity contribution in [3.8, 4) is 0 Å². The number of carbonyl (C=O) groups is 1. The van der Waals surface area contributed by atoms with Crippen LogP contribution in [0.15, 0.2) is 24.3 Å². The molecule has 0 amide bonds. The third kappa shape index (κ3) is 3.97. The predicted octanol–water partition coefficient (Wildman–Crippen LogP) is 3.22. The fourth-order valence-corrected chi connectivity index (χ4v) is 2.12. The van der Waals surface area contributed by atoms with Gasteiger partial charge in [-0.25, -0.2) is 0 Å². The first-order chi connectivity index (χ1) is 8.22. The molecule has 94 valence electrons. The van der Waals surface area contributed by atoms with Gasteiger partial charge in [-0.1, -0.05) is 45.0 Å². The first kappa shape index (κ1) is 13.9. The van der Waals surface area contributed by atoms with E-state index < -0.39 is 0 Å². The smallest absolute Gasteiger partial charge is 0.120 e. The van der Waals surface area contributed by atoms with Crippen LogP contribution in [0.25, 0.3) is 0 Å². The third-order valence-corrected chi connectivity index (χ3v) is 3.32. The summed E-state index contributed by atoms with van der Waals surface area (Å²) in [5.41, 5.74) is 2.66. The molecule has 0 heterocycles. The van der Waals surface area contributed by atoms with Gasteiger partial charge >= 0.3 is 0 Å². The Balaban J connectivity index is 2.86. The Morgan fingerprint density at radius 1 is 1.24 bits per heavy atom. The molecule has 0 aromatic heterocycles. The molecule has 0 aliphatic rings. The highest BCUT2D eigenvalue weighted by molar-refractivity contribution is 5.52. The molecular weight excluding hydrogens is 210 g/mol. The summed E-state index contributed by atoms with van der Waals surface area (Å²) in [6.07, 6.45) is 1.62. The molecule has 0 aliphatic heterocycles. The van der Waals surface area contributed by atoms with Crippen molar-refractivity contribution in [1.82, 2.24) is 4.90 Å². The van der Waals surface area contributed by atoms with Gasteiger partial charge in [-0.3, -0.25) is 4.90 Å². The van der Waals surface area contributed by atoms with Crippen LogP contribution in [-0.2, 0) is 11.3 Å². The van der Waals surface area contributed by atoms with E-state index in [1.165, 1.54) is 11.1 Å². The Bertz CT molecular complexity index is 345. The summed E-state index contributed by atoms with van der Waals surface area (Å²) in [6.45, 7) is 9.59. The Labute approximate surface area is 105 Å². The van der Waals surface area contributed by atoms with Crippen LogP contribution in [0.3, 0.4) is 0 Å². The molecule has 0 spiro atoms. The number of rotatable bonds is 7. The third-order valence-electron chi connectivity index (χ3n) is 3.32. The summed E-state index contributed by atoms with van der Waals surface area (Å²) in [7, 11) is 0. The lowest BCUT2D eigenvalue weighted by Crippen LogP contribution is -2.23. The lowest BCUT2D eigenvalue weighted by atomic mass is 9.93. The molecule has 1 atom stereocenters. The van der Waals surface area contributed by atoms with E-state index in [0.717, 1.165) is 25.9 Å². The van der Waals surface area contributed by atoms with Gasteiger partial charge in [0, 0.05) is 13.0 Å². The summed E-state index contributed by atoms with van der Waals surface area (Å²) < 4.78 is 0. The predicted molar refractivity (Wildman–Crippen MR) is 72.2 cm³/mol. The summed E-state index contributed by atoms with van der Waals surface area (Å²) in [4.78, 5) is 13.0. The molecule has 0 saturated heterocycles. The van der Waals surface area contributed by atoms with Gasteiger partial charge in [-0.05, 0) is 30.1 Å². The van der Waals surface area contributed by atoms with E-state index >= 15 is 0 Å². The molecule has 0 fully saturated rings. The summed E-state index contributed by atoms with van der Waals surface area (Å²) in [6, 6.07) is 8.46. The van der Waals surface area contributed by atoms with E-state index in [1.54, 1.807) is 0 Å². The highest BCUT2D eigenvalue weighted by Gasteiger charge is 2.11. The summed E-state index contributed by atoms with van der Waals surface area (Å²) >= 11 is 0. The van der Waals surface area contributed by atoms with Gasteiger partial charge in [0.1, 0.15) is 6.29 Å². The van der Waals surface area contributed by atoms with Crippen molar-refractivity contribution in [3.63, 3.8) is 0 Å². The normalized spacial score (nSPS) is 12.7. The summed E-state index contributed by atoms with van der Waals surface area (Å²) in [5.74, 6) is 0.319. The monoisotopic (exact) mass is 233 g/mol. The minimum absolute atomic E-state index is 0.319. The molecule has 2 nitrogen and oxygen atoms in total. The lowest BCUT2D eigenvalue weighted by molar-refractivity contribution is -0.108. The van der Waals surface area contributed by atoms with Gasteiger partial charge in [0.2, 0.25) is 0 Å². The van der Waals surface area contributed by atoms with Crippen molar-refractivity contribution >= 4 is 6.29 Å². The molecule has 1 aromatic carbocycles. The minimum atomic E-state index is 0.319. The van der Waals surface area contributed by atoms with E-state index in [2.05, 4.69) is 49.9 Å². The maximum atomic E-state index is 10.6. The number of hydrogen-bond donors (Lipinski definition) is 0. The fourth-order valence-electron chi connectivity index (χ4n) is 2.12. The van der Waals surface area contributed by atoms with Crippen LogP contribution in [0.1, 0.15) is 44.2 Å². The van der Waals surface area contributed by atoms with E-state index in [1.807, 2.05) is 0 Å². The molecule has 1 unspecified atom stereocenters. The number of benzene rings is 1. The maximum absolute atomic E-state index is 10.6. The van der Waals surface area contributed by atoms with Crippen molar-refractivity contribution in [1.29, 1.82) is 0 Å². The zero-order valence-electron chi connectivity index (χ0n) is 11.1. The zero-order valence-corrected chi connectivity index (χ0v) is 11.1. The molecule has 0 aliphatic carbocycles. The van der Waals surface area contributed by atoms with Gasteiger partial charge in [-0.15, -0.1) is 0 Å². The highest BCUT2D eigenvalue weighted by atomic mass is 16.1. The van der Waals surface area contributed by atoms with Crippen molar-refractivity contribution in [2.75, 3.05) is 13.1 Å². The van der Waals surface area contributed by atoms with Crippen molar-refractivity contribution < 1.29 is 4.79 Å². The topological polar surface area (TPSA) is 20.3 Å². The number of carbonyl (C=O) groups excluding carboxylic acids is 1. The van der Waals surface area contributed by atoms with Crippen LogP contribution in [0.2, 0.25) is 0 Å². The van der Waals surface area contributed by atoms with Gasteiger partial charge in [0.15, 0.2) is 0 Å². The molecule has 0 saturated carbocycles. The summed E-state index contributed by atoms with van der Waals surface area (Å²) in [5, 5.41) is 0. The molecule has 2 heteroatoms. The first-order valence-electron chi connectivity index (χ1n) is 6.46. The lowest BCUT2D eigenvalue weighted by Gasteiger charge is -2.21. The standard InChI is InChI=1S/C15H23NO/c1-4-16(5-2)12-14-8-6-7-9-15(14)13(3)10-11-17/h6-9,11,13H,4-5,10,12H2,1-3H3. The highest BCUT2D eigenvalue weighted by Crippen LogP contribution is 2.23. The van der Waals surface area contributed by atoms with E-state index in [4.69, 9.17) is 0 Å². The van der Waals surface area contributed by atoms with Crippen LogP contribution in [0.5, 0.6) is 0 Å². The molecule has 0 bridgehead atoms. The van der Waals surface area contributed by atoms with Crippen LogP contribution < -0.4 is 0 Å². The van der Waals surface area contributed by atoms with Gasteiger partial charge in [-0.2, -0.15) is 0 Å². The van der Waals surface area contributed by atoms with Gasteiger partial charge < -0.3 is 4.79 Å². The second-order valence-corrected chi connectivity index (χ2v) is 4.46. The molecule has 1 rings (SSSR count). The Kier molecular flexibility index (Phi) is 5.92. The second-order valence-electron chi connectivity index (χ2n) is 4.46. The SMILES string of the molecule is CCN(CC)Cc1ccccc1C(C)CC=O.